The Balaban J connectivity index is 1.56. The van der Waals surface area contributed by atoms with Crippen LogP contribution in [-0.4, -0.2) is 39.5 Å². The van der Waals surface area contributed by atoms with Gasteiger partial charge in [0.25, 0.3) is 0 Å². The van der Waals surface area contributed by atoms with Crippen molar-refractivity contribution in [2.75, 3.05) is 16.8 Å². The molecule has 4 rings (SSSR count). The Kier molecular flexibility index (Phi) is 4.33. The second-order valence-corrected chi connectivity index (χ2v) is 9.83. The number of aryl methyl sites for hydroxylation is 3. The van der Waals surface area contributed by atoms with Crippen molar-refractivity contribution in [2.24, 2.45) is 7.05 Å². The average molecular weight is 378 g/mol. The van der Waals surface area contributed by atoms with E-state index in [9.17, 15) is 8.42 Å². The smallest absolute Gasteiger partial charge is 0.152 e. The van der Waals surface area contributed by atoms with Crippen molar-refractivity contribution in [3.05, 3.63) is 28.3 Å². The number of sulfone groups is 1. The summed E-state index contributed by atoms with van der Waals surface area (Å²) in [6.07, 6.45) is 5.30. The molecular formula is C18H27N5O2S. The third-order valence-corrected chi connectivity index (χ3v) is 7.51. The van der Waals surface area contributed by atoms with Gasteiger partial charge in [-0.2, -0.15) is 10.2 Å². The predicted molar refractivity (Wildman–Crippen MR) is 101 cm³/mol. The van der Waals surface area contributed by atoms with Crippen LogP contribution in [0, 0.1) is 13.8 Å². The summed E-state index contributed by atoms with van der Waals surface area (Å²) in [4.78, 5) is 0. The van der Waals surface area contributed by atoms with E-state index in [2.05, 4.69) is 15.5 Å². The molecule has 0 radical (unpaired) electrons. The van der Waals surface area contributed by atoms with Gasteiger partial charge in [0, 0.05) is 7.05 Å². The molecular weight excluding hydrogens is 350 g/mol. The summed E-state index contributed by atoms with van der Waals surface area (Å²) in [6, 6.07) is -0.0429. The lowest BCUT2D eigenvalue weighted by Crippen LogP contribution is -2.14. The van der Waals surface area contributed by atoms with Crippen LogP contribution in [0.15, 0.2) is 0 Å². The van der Waals surface area contributed by atoms with E-state index in [1.807, 2.05) is 30.3 Å². The molecule has 0 saturated carbocycles. The van der Waals surface area contributed by atoms with E-state index in [0.717, 1.165) is 36.5 Å². The Morgan fingerprint density at radius 1 is 1.19 bits per heavy atom. The van der Waals surface area contributed by atoms with E-state index in [0.29, 0.717) is 6.42 Å². The number of hydrogen-bond acceptors (Lipinski definition) is 5. The molecule has 0 amide bonds. The molecule has 7 nitrogen and oxygen atoms in total. The molecule has 0 aromatic carbocycles. The van der Waals surface area contributed by atoms with Gasteiger partial charge in [-0.1, -0.05) is 0 Å². The van der Waals surface area contributed by atoms with Gasteiger partial charge in [-0.15, -0.1) is 0 Å². The summed E-state index contributed by atoms with van der Waals surface area (Å²) in [5.74, 6) is 0.462. The van der Waals surface area contributed by atoms with Gasteiger partial charge in [-0.3, -0.25) is 9.36 Å². The maximum absolute atomic E-state index is 11.8. The minimum atomic E-state index is -2.92. The molecule has 0 spiro atoms. The van der Waals surface area contributed by atoms with Gasteiger partial charge in [0.1, 0.15) is 0 Å². The second-order valence-electron chi connectivity index (χ2n) is 7.60. The zero-order valence-electron chi connectivity index (χ0n) is 15.7. The zero-order valence-corrected chi connectivity index (χ0v) is 16.6. The van der Waals surface area contributed by atoms with Crippen molar-refractivity contribution in [3.8, 4) is 0 Å². The van der Waals surface area contributed by atoms with Crippen LogP contribution in [0.25, 0.3) is 0 Å². The average Bonchev–Trinajstić information content (AvgIpc) is 3.20. The van der Waals surface area contributed by atoms with Gasteiger partial charge in [0.05, 0.1) is 52.6 Å². The summed E-state index contributed by atoms with van der Waals surface area (Å²) in [5.41, 5.74) is 6.84. The largest absolute Gasteiger partial charge is 0.376 e. The molecule has 3 heterocycles. The van der Waals surface area contributed by atoms with E-state index in [1.165, 1.54) is 29.8 Å². The van der Waals surface area contributed by atoms with E-state index in [-0.39, 0.29) is 17.5 Å². The van der Waals surface area contributed by atoms with E-state index in [1.54, 1.807) is 0 Å². The van der Waals surface area contributed by atoms with E-state index in [4.69, 9.17) is 0 Å². The highest BCUT2D eigenvalue weighted by molar-refractivity contribution is 7.91. The highest BCUT2D eigenvalue weighted by atomic mass is 32.2. The number of anilines is 1. The Morgan fingerprint density at radius 3 is 2.69 bits per heavy atom. The third-order valence-electron chi connectivity index (χ3n) is 5.76. The lowest BCUT2D eigenvalue weighted by Gasteiger charge is -2.14. The fraction of sp³-hybridized carbons (Fsp3) is 0.667. The zero-order chi connectivity index (χ0) is 18.5. The molecule has 1 unspecified atom stereocenters. The molecule has 26 heavy (non-hydrogen) atoms. The Morgan fingerprint density at radius 2 is 1.96 bits per heavy atom. The first kappa shape index (κ1) is 17.6. The standard InChI is InChI=1S/C18H27N5O2S/c1-12-18(13(2)23(20-12)14-8-9-26(24,25)11-14)19-10-17-15-6-4-5-7-16(15)21-22(17)3/h14,19H,4-11H2,1-3H3. The number of nitrogens with zero attached hydrogens (tertiary/aromatic N) is 4. The number of rotatable bonds is 4. The molecule has 142 valence electrons. The molecule has 2 aromatic heterocycles. The quantitative estimate of drug-likeness (QED) is 0.882. The highest BCUT2D eigenvalue weighted by Crippen LogP contribution is 2.30. The van der Waals surface area contributed by atoms with E-state index < -0.39 is 9.84 Å². The van der Waals surface area contributed by atoms with Gasteiger partial charge in [0.15, 0.2) is 9.84 Å². The number of aromatic nitrogens is 4. The van der Waals surface area contributed by atoms with Crippen molar-refractivity contribution in [1.82, 2.24) is 19.6 Å². The molecule has 1 saturated heterocycles. The topological polar surface area (TPSA) is 81.8 Å². The van der Waals surface area contributed by atoms with Crippen LogP contribution in [0.4, 0.5) is 5.69 Å². The number of nitrogens with one attached hydrogen (secondary N) is 1. The first-order valence-electron chi connectivity index (χ1n) is 9.39. The van der Waals surface area contributed by atoms with Gasteiger partial charge >= 0.3 is 0 Å². The van der Waals surface area contributed by atoms with Crippen molar-refractivity contribution in [2.45, 2.75) is 58.5 Å². The lowest BCUT2D eigenvalue weighted by atomic mass is 9.96. The van der Waals surface area contributed by atoms with Crippen LogP contribution < -0.4 is 5.32 Å². The Bertz CT molecular complexity index is 941. The van der Waals surface area contributed by atoms with Crippen LogP contribution in [0.1, 0.15) is 53.6 Å². The van der Waals surface area contributed by atoms with Crippen molar-refractivity contribution < 1.29 is 8.42 Å². The molecule has 1 aliphatic heterocycles. The fourth-order valence-electron chi connectivity index (χ4n) is 4.38. The molecule has 2 aliphatic rings. The van der Waals surface area contributed by atoms with Gasteiger partial charge in [-0.05, 0) is 51.5 Å². The maximum atomic E-state index is 11.8. The van der Waals surface area contributed by atoms with Crippen molar-refractivity contribution in [3.63, 3.8) is 0 Å². The lowest BCUT2D eigenvalue weighted by molar-refractivity contribution is 0.486. The first-order valence-corrected chi connectivity index (χ1v) is 11.2. The van der Waals surface area contributed by atoms with Crippen LogP contribution in [-0.2, 0) is 36.3 Å². The predicted octanol–water partition coefficient (Wildman–Crippen LogP) is 2.08. The molecule has 1 fully saturated rings. The second kappa shape index (κ2) is 6.40. The minimum Gasteiger partial charge on any atom is -0.376 e. The normalized spacial score (nSPS) is 21.7. The SMILES string of the molecule is Cc1nn(C2CCS(=O)(=O)C2)c(C)c1NCc1c2c(nn1C)CCCC2. The number of hydrogen-bond donors (Lipinski definition) is 1. The summed E-state index contributed by atoms with van der Waals surface area (Å²) < 4.78 is 27.5. The molecule has 8 heteroatoms. The molecule has 1 atom stereocenters. The third kappa shape index (κ3) is 3.04. The Labute approximate surface area is 154 Å². The minimum absolute atomic E-state index is 0.0429. The Hall–Kier alpha value is -1.83. The summed E-state index contributed by atoms with van der Waals surface area (Å²) in [7, 11) is -0.905. The fourth-order valence-corrected chi connectivity index (χ4v) is 6.08. The summed E-state index contributed by atoms with van der Waals surface area (Å²) >= 11 is 0. The number of fused-ring (bicyclic) bond motifs is 1. The van der Waals surface area contributed by atoms with E-state index >= 15 is 0 Å². The molecule has 1 aliphatic carbocycles. The van der Waals surface area contributed by atoms with Crippen LogP contribution >= 0.6 is 0 Å². The van der Waals surface area contributed by atoms with Crippen LogP contribution in [0.5, 0.6) is 0 Å². The molecule has 2 aromatic rings. The van der Waals surface area contributed by atoms with Gasteiger partial charge in [-0.25, -0.2) is 8.42 Å². The summed E-state index contributed by atoms with van der Waals surface area (Å²) in [5, 5.41) is 12.9. The maximum Gasteiger partial charge on any atom is 0.152 e. The van der Waals surface area contributed by atoms with Crippen LogP contribution in [0.2, 0.25) is 0 Å². The summed E-state index contributed by atoms with van der Waals surface area (Å²) in [6.45, 7) is 4.72. The first-order chi connectivity index (χ1) is 12.4. The van der Waals surface area contributed by atoms with Gasteiger partial charge < -0.3 is 5.32 Å². The van der Waals surface area contributed by atoms with Crippen molar-refractivity contribution >= 4 is 15.5 Å². The van der Waals surface area contributed by atoms with Gasteiger partial charge in [0.2, 0.25) is 0 Å². The molecule has 0 bridgehead atoms. The van der Waals surface area contributed by atoms with Crippen LogP contribution in [0.3, 0.4) is 0 Å². The van der Waals surface area contributed by atoms with Crippen molar-refractivity contribution in [1.29, 1.82) is 0 Å². The molecule has 1 N–H and O–H groups in total. The highest BCUT2D eigenvalue weighted by Gasteiger charge is 2.31. The monoisotopic (exact) mass is 377 g/mol.